The van der Waals surface area contributed by atoms with Crippen LogP contribution in [0.1, 0.15) is 28.5 Å². The molecule has 1 N–H and O–H groups in total. The summed E-state index contributed by atoms with van der Waals surface area (Å²) in [5.41, 5.74) is 3.75. The highest BCUT2D eigenvalue weighted by atomic mass is 32.1. The monoisotopic (exact) mass is 431 g/mol. The Kier molecular flexibility index (Phi) is 5.95. The Morgan fingerprint density at radius 1 is 1.13 bits per heavy atom. The number of aliphatic imine (C=N–C) groups is 1. The van der Waals surface area contributed by atoms with Gasteiger partial charge in [-0.05, 0) is 31.5 Å². The molecule has 4 aromatic rings. The number of carbonyl (C=O) groups excluding carboxylic acids is 1. The molecule has 0 bridgehead atoms. The van der Waals surface area contributed by atoms with Gasteiger partial charge in [0.15, 0.2) is 0 Å². The van der Waals surface area contributed by atoms with E-state index in [9.17, 15) is 9.59 Å². The number of aromatic amines is 1. The maximum Gasteiger partial charge on any atom is 0.341 e. The Labute approximate surface area is 183 Å². The molecular formula is C24H21N3O3S. The van der Waals surface area contributed by atoms with Crippen LogP contribution in [0.5, 0.6) is 0 Å². The number of hydrogen-bond donors (Lipinski definition) is 1. The minimum Gasteiger partial charge on any atom is -0.462 e. The van der Waals surface area contributed by atoms with Gasteiger partial charge in [0.05, 0.1) is 17.9 Å². The molecule has 0 unspecified atom stereocenters. The third-order valence-corrected chi connectivity index (χ3v) is 5.66. The molecule has 0 atom stereocenters. The van der Waals surface area contributed by atoms with Gasteiger partial charge in [-0.2, -0.15) is 0 Å². The van der Waals surface area contributed by atoms with Gasteiger partial charge in [0.2, 0.25) is 0 Å². The molecule has 0 aliphatic heterocycles. The number of carbonyl (C=O) groups is 1. The molecule has 0 spiro atoms. The lowest BCUT2D eigenvalue weighted by Gasteiger charge is -2.05. The van der Waals surface area contributed by atoms with Crippen LogP contribution in [0.3, 0.4) is 0 Å². The minimum atomic E-state index is -0.428. The van der Waals surface area contributed by atoms with E-state index in [0.29, 0.717) is 21.8 Å². The lowest BCUT2D eigenvalue weighted by atomic mass is 10.0. The number of nitrogens with one attached hydrogen (secondary N) is 1. The van der Waals surface area contributed by atoms with Crippen molar-refractivity contribution in [1.29, 1.82) is 0 Å². The van der Waals surface area contributed by atoms with Crippen LogP contribution in [0.25, 0.3) is 16.8 Å². The second kappa shape index (κ2) is 8.97. The number of aryl methyl sites for hydroxylation is 1. The normalized spacial score (nSPS) is 11.2. The quantitative estimate of drug-likeness (QED) is 0.340. The number of thiophene rings is 1. The van der Waals surface area contributed by atoms with Crippen molar-refractivity contribution in [1.82, 2.24) is 9.78 Å². The first kappa shape index (κ1) is 20.6. The standard InChI is InChI=1S/C24H21N3O3S/c1-3-30-24(29)21-20(17-10-6-4-7-11-17)15-31-22(21)25-14-19-16(2)26-27(23(19)28)18-12-8-5-9-13-18/h4-15,26H,3H2,1-2H3. The van der Waals surface area contributed by atoms with Crippen molar-refractivity contribution in [2.75, 3.05) is 6.61 Å². The van der Waals surface area contributed by atoms with Gasteiger partial charge in [0.1, 0.15) is 10.6 Å². The SMILES string of the molecule is CCOC(=O)c1c(-c2ccccc2)csc1N=Cc1c(C)[nH]n(-c2ccccc2)c1=O. The minimum absolute atomic E-state index is 0.204. The highest BCUT2D eigenvalue weighted by Crippen LogP contribution is 2.38. The molecule has 0 aliphatic carbocycles. The van der Waals surface area contributed by atoms with E-state index in [4.69, 9.17) is 4.74 Å². The van der Waals surface area contributed by atoms with E-state index in [-0.39, 0.29) is 12.2 Å². The van der Waals surface area contributed by atoms with Crippen molar-refractivity contribution in [3.05, 3.63) is 93.2 Å². The lowest BCUT2D eigenvalue weighted by molar-refractivity contribution is 0.0529. The van der Waals surface area contributed by atoms with Crippen molar-refractivity contribution in [2.45, 2.75) is 13.8 Å². The first-order chi connectivity index (χ1) is 15.1. The molecule has 2 aromatic heterocycles. The molecule has 0 saturated heterocycles. The number of H-pyrrole nitrogens is 1. The summed E-state index contributed by atoms with van der Waals surface area (Å²) in [4.78, 5) is 30.1. The molecule has 0 radical (unpaired) electrons. The van der Waals surface area contributed by atoms with Crippen molar-refractivity contribution >= 4 is 28.5 Å². The smallest absolute Gasteiger partial charge is 0.341 e. The summed E-state index contributed by atoms with van der Waals surface area (Å²) in [6.07, 6.45) is 1.51. The van der Waals surface area contributed by atoms with Crippen LogP contribution in [0.15, 0.2) is 75.8 Å². The largest absolute Gasteiger partial charge is 0.462 e. The highest BCUT2D eigenvalue weighted by molar-refractivity contribution is 7.14. The molecule has 4 rings (SSSR count). The molecule has 0 saturated carbocycles. The Balaban J connectivity index is 1.75. The predicted molar refractivity (Wildman–Crippen MR) is 124 cm³/mol. The van der Waals surface area contributed by atoms with Crippen molar-refractivity contribution in [2.24, 2.45) is 4.99 Å². The van der Waals surface area contributed by atoms with E-state index >= 15 is 0 Å². The molecule has 31 heavy (non-hydrogen) atoms. The van der Waals surface area contributed by atoms with Crippen molar-refractivity contribution in [3.63, 3.8) is 0 Å². The summed E-state index contributed by atoms with van der Waals surface area (Å²) in [6.45, 7) is 3.85. The van der Waals surface area contributed by atoms with Gasteiger partial charge < -0.3 is 4.74 Å². The van der Waals surface area contributed by atoms with Gasteiger partial charge in [-0.1, -0.05) is 48.5 Å². The molecule has 156 valence electrons. The predicted octanol–water partition coefficient (Wildman–Crippen LogP) is 5.13. The maximum absolute atomic E-state index is 12.9. The Morgan fingerprint density at radius 2 is 1.81 bits per heavy atom. The van der Waals surface area contributed by atoms with E-state index in [1.165, 1.54) is 22.2 Å². The zero-order valence-corrected chi connectivity index (χ0v) is 18.0. The van der Waals surface area contributed by atoms with E-state index in [2.05, 4.69) is 10.1 Å². The second-order valence-electron chi connectivity index (χ2n) is 6.80. The number of nitrogens with zero attached hydrogens (tertiary/aromatic N) is 2. The number of para-hydroxylation sites is 1. The first-order valence-corrected chi connectivity index (χ1v) is 10.7. The molecule has 2 aromatic carbocycles. The van der Waals surface area contributed by atoms with Crippen LogP contribution >= 0.6 is 11.3 Å². The fraction of sp³-hybridized carbons (Fsp3) is 0.125. The van der Waals surface area contributed by atoms with E-state index in [1.807, 2.05) is 73.0 Å². The van der Waals surface area contributed by atoms with Crippen LogP contribution < -0.4 is 5.56 Å². The van der Waals surface area contributed by atoms with Gasteiger partial charge in [-0.3, -0.25) is 9.89 Å². The summed E-state index contributed by atoms with van der Waals surface area (Å²) in [6, 6.07) is 19.0. The van der Waals surface area contributed by atoms with Crippen LogP contribution in [-0.4, -0.2) is 28.6 Å². The van der Waals surface area contributed by atoms with Gasteiger partial charge in [-0.15, -0.1) is 11.3 Å². The van der Waals surface area contributed by atoms with E-state index < -0.39 is 5.97 Å². The first-order valence-electron chi connectivity index (χ1n) is 9.85. The highest BCUT2D eigenvalue weighted by Gasteiger charge is 2.21. The van der Waals surface area contributed by atoms with Gasteiger partial charge >= 0.3 is 5.97 Å². The molecule has 0 aliphatic rings. The summed E-state index contributed by atoms with van der Waals surface area (Å²) in [7, 11) is 0. The number of ether oxygens (including phenoxy) is 1. The van der Waals surface area contributed by atoms with E-state index in [0.717, 1.165) is 16.8 Å². The Morgan fingerprint density at radius 3 is 2.48 bits per heavy atom. The number of aromatic nitrogens is 2. The fourth-order valence-electron chi connectivity index (χ4n) is 3.27. The molecule has 2 heterocycles. The van der Waals surface area contributed by atoms with E-state index in [1.54, 1.807) is 6.92 Å². The van der Waals surface area contributed by atoms with Crippen LogP contribution in [0, 0.1) is 6.92 Å². The van der Waals surface area contributed by atoms with Crippen LogP contribution in [-0.2, 0) is 4.74 Å². The average Bonchev–Trinajstić information content (AvgIpc) is 3.34. The summed E-state index contributed by atoms with van der Waals surface area (Å²) in [5, 5.41) is 5.47. The number of benzene rings is 2. The Hall–Kier alpha value is -3.71. The molecule has 6 nitrogen and oxygen atoms in total. The third-order valence-electron chi connectivity index (χ3n) is 4.78. The van der Waals surface area contributed by atoms with Gasteiger partial charge in [0.25, 0.3) is 5.56 Å². The average molecular weight is 432 g/mol. The molecule has 0 fully saturated rings. The zero-order chi connectivity index (χ0) is 21.8. The zero-order valence-electron chi connectivity index (χ0n) is 17.2. The number of esters is 1. The van der Waals surface area contributed by atoms with Gasteiger partial charge in [0, 0.05) is 22.9 Å². The van der Waals surface area contributed by atoms with Crippen LogP contribution in [0.4, 0.5) is 5.00 Å². The topological polar surface area (TPSA) is 76.4 Å². The second-order valence-corrected chi connectivity index (χ2v) is 7.66. The fourth-order valence-corrected chi connectivity index (χ4v) is 4.18. The summed E-state index contributed by atoms with van der Waals surface area (Å²) in [5.74, 6) is -0.428. The number of rotatable bonds is 6. The lowest BCUT2D eigenvalue weighted by Crippen LogP contribution is -2.17. The molecule has 0 amide bonds. The van der Waals surface area contributed by atoms with Gasteiger partial charge in [-0.25, -0.2) is 14.5 Å². The Bertz CT molecular complexity index is 1280. The molecular weight excluding hydrogens is 410 g/mol. The summed E-state index contributed by atoms with van der Waals surface area (Å²) < 4.78 is 6.75. The number of hydrogen-bond acceptors (Lipinski definition) is 5. The maximum atomic E-state index is 12.9. The summed E-state index contributed by atoms with van der Waals surface area (Å²) >= 11 is 1.34. The van der Waals surface area contributed by atoms with Crippen molar-refractivity contribution < 1.29 is 9.53 Å². The molecule has 7 heteroatoms. The van der Waals surface area contributed by atoms with Crippen molar-refractivity contribution in [3.8, 4) is 16.8 Å². The third kappa shape index (κ3) is 4.13. The van der Waals surface area contributed by atoms with Crippen LogP contribution in [0.2, 0.25) is 0 Å².